The lowest BCUT2D eigenvalue weighted by atomic mass is 10.2. The molecule has 2 amide bonds. The van der Waals surface area contributed by atoms with Gasteiger partial charge in [-0.25, -0.2) is 4.79 Å². The van der Waals surface area contributed by atoms with Gasteiger partial charge in [0.2, 0.25) is 5.91 Å². The van der Waals surface area contributed by atoms with Gasteiger partial charge in [-0.2, -0.15) is 0 Å². The molecular weight excluding hydrogens is 296 g/mol. The SMILES string of the molecule is Cc1csc2c1SC[C@H](NC(=O)OC(C)(C)C)C(=O)N2. The Morgan fingerprint density at radius 2 is 2.20 bits per heavy atom. The molecule has 2 rings (SSSR count). The summed E-state index contributed by atoms with van der Waals surface area (Å²) in [5, 5.41) is 8.34. The Labute approximate surface area is 126 Å². The number of alkyl carbamates (subject to hydrolysis) is 1. The van der Waals surface area contributed by atoms with Crippen molar-refractivity contribution in [2.75, 3.05) is 11.1 Å². The van der Waals surface area contributed by atoms with Crippen molar-refractivity contribution in [3.63, 3.8) is 0 Å². The van der Waals surface area contributed by atoms with E-state index in [1.807, 2.05) is 12.3 Å². The predicted molar refractivity (Wildman–Crippen MR) is 81.6 cm³/mol. The molecule has 1 aliphatic rings. The number of fused-ring (bicyclic) bond motifs is 1. The van der Waals surface area contributed by atoms with Gasteiger partial charge in [-0.05, 0) is 38.6 Å². The molecule has 1 aromatic heterocycles. The minimum absolute atomic E-state index is 0.205. The number of ether oxygens (including phenoxy) is 1. The molecule has 110 valence electrons. The second-order valence-corrected chi connectivity index (χ2v) is 7.49. The van der Waals surface area contributed by atoms with E-state index in [0.717, 1.165) is 15.5 Å². The van der Waals surface area contributed by atoms with Gasteiger partial charge in [0.15, 0.2) is 0 Å². The highest BCUT2D eigenvalue weighted by Gasteiger charge is 2.28. The van der Waals surface area contributed by atoms with Crippen molar-refractivity contribution >= 4 is 40.1 Å². The lowest BCUT2D eigenvalue weighted by Gasteiger charge is -2.22. The largest absolute Gasteiger partial charge is 0.444 e. The van der Waals surface area contributed by atoms with E-state index >= 15 is 0 Å². The van der Waals surface area contributed by atoms with Crippen LogP contribution in [0.25, 0.3) is 0 Å². The van der Waals surface area contributed by atoms with Crippen molar-refractivity contribution in [2.45, 2.75) is 44.2 Å². The first kappa shape index (κ1) is 15.2. The fraction of sp³-hybridized carbons (Fsp3) is 0.538. The monoisotopic (exact) mass is 314 g/mol. The number of anilines is 1. The molecule has 0 fully saturated rings. The molecule has 1 aromatic rings. The lowest BCUT2D eigenvalue weighted by Crippen LogP contribution is -2.46. The summed E-state index contributed by atoms with van der Waals surface area (Å²) in [5.41, 5.74) is 0.571. The maximum atomic E-state index is 12.1. The van der Waals surface area contributed by atoms with Gasteiger partial charge < -0.3 is 15.4 Å². The summed E-state index contributed by atoms with van der Waals surface area (Å²) in [6.07, 6.45) is -0.569. The fourth-order valence-electron chi connectivity index (χ4n) is 1.70. The van der Waals surface area contributed by atoms with E-state index in [0.29, 0.717) is 5.75 Å². The Hall–Kier alpha value is -1.21. The van der Waals surface area contributed by atoms with Gasteiger partial charge in [0, 0.05) is 10.6 Å². The van der Waals surface area contributed by atoms with Crippen molar-refractivity contribution in [3.05, 3.63) is 10.9 Å². The van der Waals surface area contributed by atoms with Crippen molar-refractivity contribution in [1.29, 1.82) is 0 Å². The maximum Gasteiger partial charge on any atom is 0.408 e. The zero-order valence-corrected chi connectivity index (χ0v) is 13.5. The van der Waals surface area contributed by atoms with Crippen LogP contribution < -0.4 is 10.6 Å². The number of hydrogen-bond donors (Lipinski definition) is 2. The van der Waals surface area contributed by atoms with Crippen LogP contribution in [0, 0.1) is 6.92 Å². The van der Waals surface area contributed by atoms with E-state index < -0.39 is 17.7 Å². The van der Waals surface area contributed by atoms with Crippen LogP contribution in [0.5, 0.6) is 0 Å². The molecule has 0 unspecified atom stereocenters. The topological polar surface area (TPSA) is 67.4 Å². The van der Waals surface area contributed by atoms with E-state index in [-0.39, 0.29) is 5.91 Å². The first-order valence-electron chi connectivity index (χ1n) is 6.27. The summed E-state index contributed by atoms with van der Waals surface area (Å²) in [5.74, 6) is 0.291. The molecule has 20 heavy (non-hydrogen) atoms. The smallest absolute Gasteiger partial charge is 0.408 e. The highest BCUT2D eigenvalue weighted by atomic mass is 32.2. The van der Waals surface area contributed by atoms with Gasteiger partial charge in [0.05, 0.1) is 0 Å². The van der Waals surface area contributed by atoms with Crippen molar-refractivity contribution in [2.24, 2.45) is 0 Å². The van der Waals surface area contributed by atoms with Crippen LogP contribution in [-0.2, 0) is 9.53 Å². The number of hydrogen-bond acceptors (Lipinski definition) is 5. The second kappa shape index (κ2) is 5.65. The highest BCUT2D eigenvalue weighted by Crippen LogP contribution is 2.38. The van der Waals surface area contributed by atoms with Crippen molar-refractivity contribution in [3.8, 4) is 0 Å². The molecular formula is C13H18N2O3S2. The van der Waals surface area contributed by atoms with Gasteiger partial charge in [0.25, 0.3) is 0 Å². The van der Waals surface area contributed by atoms with Gasteiger partial charge in [-0.1, -0.05) is 0 Å². The molecule has 0 aromatic carbocycles. The third-order valence-electron chi connectivity index (χ3n) is 2.56. The molecule has 2 heterocycles. The summed E-state index contributed by atoms with van der Waals surface area (Å²) in [4.78, 5) is 24.9. The number of nitrogens with one attached hydrogen (secondary N) is 2. The Balaban J connectivity index is 2.02. The third kappa shape index (κ3) is 3.67. The molecule has 0 bridgehead atoms. The second-order valence-electron chi connectivity index (χ2n) is 5.58. The van der Waals surface area contributed by atoms with E-state index in [2.05, 4.69) is 10.6 Å². The highest BCUT2D eigenvalue weighted by molar-refractivity contribution is 7.99. The van der Waals surface area contributed by atoms with Gasteiger partial charge in [0.1, 0.15) is 16.6 Å². The molecule has 0 spiro atoms. The molecule has 1 aliphatic heterocycles. The van der Waals surface area contributed by atoms with Gasteiger partial charge in [-0.15, -0.1) is 23.1 Å². The Morgan fingerprint density at radius 1 is 1.50 bits per heavy atom. The maximum absolute atomic E-state index is 12.1. The summed E-state index contributed by atoms with van der Waals surface area (Å²) in [7, 11) is 0. The Kier molecular flexibility index (Phi) is 4.29. The number of carbonyl (C=O) groups excluding carboxylic acids is 2. The summed E-state index contributed by atoms with van der Waals surface area (Å²) in [6.45, 7) is 7.37. The van der Waals surface area contributed by atoms with Crippen LogP contribution >= 0.6 is 23.1 Å². The van der Waals surface area contributed by atoms with E-state index in [1.165, 1.54) is 11.3 Å². The zero-order chi connectivity index (χ0) is 14.9. The number of aryl methyl sites for hydroxylation is 1. The molecule has 0 saturated heterocycles. The molecule has 2 N–H and O–H groups in total. The molecule has 0 saturated carbocycles. The molecule has 1 atom stereocenters. The summed E-state index contributed by atoms with van der Waals surface area (Å²) >= 11 is 3.07. The fourth-order valence-corrected chi connectivity index (χ4v) is 3.97. The molecule has 7 heteroatoms. The van der Waals surface area contributed by atoms with E-state index in [9.17, 15) is 9.59 Å². The quantitative estimate of drug-likeness (QED) is 0.836. The van der Waals surface area contributed by atoms with E-state index in [1.54, 1.807) is 32.5 Å². The lowest BCUT2D eigenvalue weighted by molar-refractivity contribution is -0.117. The minimum atomic E-state index is -0.589. The van der Waals surface area contributed by atoms with Crippen LogP contribution in [0.15, 0.2) is 10.3 Å². The minimum Gasteiger partial charge on any atom is -0.444 e. The molecule has 0 radical (unpaired) electrons. The van der Waals surface area contributed by atoms with Crippen LogP contribution in [0.1, 0.15) is 26.3 Å². The van der Waals surface area contributed by atoms with Crippen molar-refractivity contribution < 1.29 is 14.3 Å². The average Bonchev–Trinajstić information content (AvgIpc) is 2.54. The van der Waals surface area contributed by atoms with Gasteiger partial charge in [-0.3, -0.25) is 4.79 Å². The van der Waals surface area contributed by atoms with Gasteiger partial charge >= 0.3 is 6.09 Å². The number of carbonyl (C=O) groups is 2. The predicted octanol–water partition coefficient (Wildman–Crippen LogP) is 2.99. The molecule has 0 aliphatic carbocycles. The first-order valence-corrected chi connectivity index (χ1v) is 8.14. The third-order valence-corrected chi connectivity index (χ3v) is 5.01. The normalized spacial score (nSPS) is 18.8. The molecule has 5 nitrogen and oxygen atoms in total. The first-order chi connectivity index (χ1) is 9.26. The van der Waals surface area contributed by atoms with Crippen LogP contribution in [0.4, 0.5) is 9.80 Å². The van der Waals surface area contributed by atoms with Crippen LogP contribution in [0.2, 0.25) is 0 Å². The zero-order valence-electron chi connectivity index (χ0n) is 11.9. The number of amides is 2. The number of rotatable bonds is 1. The standard InChI is InChI=1S/C13H18N2O3S2/c1-7-5-20-11-9(7)19-6-8(10(16)15-11)14-12(17)18-13(2,3)4/h5,8H,6H2,1-4H3,(H,14,17)(H,15,16)/t8-/m0/s1. The Bertz CT molecular complexity index is 534. The summed E-state index contributed by atoms with van der Waals surface area (Å²) < 4.78 is 5.18. The average molecular weight is 314 g/mol. The Morgan fingerprint density at radius 3 is 2.85 bits per heavy atom. The van der Waals surface area contributed by atoms with Crippen LogP contribution in [-0.4, -0.2) is 29.4 Å². The number of thiophene rings is 1. The van der Waals surface area contributed by atoms with E-state index in [4.69, 9.17) is 4.74 Å². The van der Waals surface area contributed by atoms with Crippen molar-refractivity contribution in [1.82, 2.24) is 5.32 Å². The number of thioether (sulfide) groups is 1. The van der Waals surface area contributed by atoms with Crippen LogP contribution in [0.3, 0.4) is 0 Å². The summed E-state index contributed by atoms with van der Waals surface area (Å²) in [6, 6.07) is -0.589.